The van der Waals surface area contributed by atoms with Gasteiger partial charge in [-0.15, -0.1) is 0 Å². The van der Waals surface area contributed by atoms with Gasteiger partial charge in [0.2, 0.25) is 0 Å². The minimum atomic E-state index is 0.0707. The van der Waals surface area contributed by atoms with Gasteiger partial charge in [-0.3, -0.25) is 0 Å². The van der Waals surface area contributed by atoms with Gasteiger partial charge in [0.15, 0.2) is 0 Å². The van der Waals surface area contributed by atoms with E-state index in [1.165, 1.54) is 0 Å². The third-order valence-electron chi connectivity index (χ3n) is 2.45. The predicted octanol–water partition coefficient (Wildman–Crippen LogP) is 3.38. The van der Waals surface area contributed by atoms with E-state index in [1.54, 1.807) is 7.11 Å². The highest BCUT2D eigenvalue weighted by Gasteiger charge is 2.04. The molecule has 0 radical (unpaired) electrons. The van der Waals surface area contributed by atoms with Gasteiger partial charge in [-0.2, -0.15) is 0 Å². The summed E-state index contributed by atoms with van der Waals surface area (Å²) in [6.45, 7) is 4.17. The highest BCUT2D eigenvalue weighted by Crippen LogP contribution is 2.26. The topological polar surface area (TPSA) is 29.5 Å². The molecule has 0 aliphatic carbocycles. The average molecular weight is 241 g/mol. The van der Waals surface area contributed by atoms with Crippen LogP contribution in [0.1, 0.15) is 19.4 Å². The fourth-order valence-electron chi connectivity index (χ4n) is 1.38. The molecule has 0 aromatic heterocycles. The van der Waals surface area contributed by atoms with Gasteiger partial charge in [0.25, 0.3) is 0 Å². The number of hydrogen-bond acceptors (Lipinski definition) is 2. The van der Waals surface area contributed by atoms with E-state index in [-0.39, 0.29) is 6.61 Å². The number of aliphatic hydroxyl groups excluding tert-OH is 1. The van der Waals surface area contributed by atoms with Crippen molar-refractivity contribution in [2.45, 2.75) is 13.8 Å². The van der Waals surface area contributed by atoms with Crippen LogP contribution in [-0.2, 0) is 0 Å². The van der Waals surface area contributed by atoms with E-state index in [0.717, 1.165) is 11.1 Å². The molecule has 1 aromatic rings. The molecule has 0 aliphatic heterocycles. The first-order chi connectivity index (χ1) is 7.58. The Kier molecular flexibility index (Phi) is 4.84. The van der Waals surface area contributed by atoms with Crippen molar-refractivity contribution >= 4 is 17.7 Å². The maximum atomic E-state index is 9.20. The smallest absolute Gasteiger partial charge is 0.137 e. The molecule has 0 bridgehead atoms. The molecule has 1 aromatic carbocycles. The first-order valence-electron chi connectivity index (χ1n) is 5.23. The third kappa shape index (κ3) is 3.26. The minimum Gasteiger partial charge on any atom is -0.495 e. The van der Waals surface area contributed by atoms with Crippen molar-refractivity contribution in [1.82, 2.24) is 0 Å². The molecule has 0 spiro atoms. The third-order valence-corrected chi connectivity index (χ3v) is 2.75. The summed E-state index contributed by atoms with van der Waals surface area (Å²) >= 11 is 6.02. The van der Waals surface area contributed by atoms with Crippen molar-refractivity contribution < 1.29 is 9.84 Å². The monoisotopic (exact) mass is 240 g/mol. The van der Waals surface area contributed by atoms with Crippen molar-refractivity contribution in [3.05, 3.63) is 34.4 Å². The maximum Gasteiger partial charge on any atom is 0.137 e. The molecule has 0 saturated carbocycles. The molecule has 0 fully saturated rings. The van der Waals surface area contributed by atoms with Crippen LogP contribution in [0.2, 0.25) is 5.02 Å². The zero-order valence-electron chi connectivity index (χ0n) is 9.83. The summed E-state index contributed by atoms with van der Waals surface area (Å²) in [6.07, 6.45) is 1.95. The second kappa shape index (κ2) is 5.92. The molecule has 2 nitrogen and oxygen atoms in total. The number of hydrogen-bond donors (Lipinski definition) is 1. The molecule has 0 saturated heterocycles. The molecule has 3 heteroatoms. The lowest BCUT2D eigenvalue weighted by atomic mass is 10.0. The molecule has 0 atom stereocenters. The van der Waals surface area contributed by atoms with Crippen LogP contribution >= 0.6 is 11.6 Å². The van der Waals surface area contributed by atoms with Crippen LogP contribution in [0.25, 0.3) is 6.08 Å². The second-order valence-corrected chi connectivity index (χ2v) is 4.33. The Morgan fingerprint density at radius 2 is 2.19 bits per heavy atom. The average Bonchev–Trinajstić information content (AvgIpc) is 2.25. The SMILES string of the molecule is COc1ccc(C=C(CO)C(C)C)cc1Cl. The van der Waals surface area contributed by atoms with Gasteiger partial charge in [-0.1, -0.05) is 37.6 Å². The first kappa shape index (κ1) is 13.1. The van der Waals surface area contributed by atoms with Gasteiger partial charge in [-0.05, 0) is 29.2 Å². The lowest BCUT2D eigenvalue weighted by Gasteiger charge is -2.09. The summed E-state index contributed by atoms with van der Waals surface area (Å²) in [5, 5.41) is 9.78. The van der Waals surface area contributed by atoms with E-state index in [4.69, 9.17) is 16.3 Å². The summed E-state index contributed by atoms with van der Waals surface area (Å²) in [5.74, 6) is 0.986. The highest BCUT2D eigenvalue weighted by atomic mass is 35.5. The van der Waals surface area contributed by atoms with E-state index in [1.807, 2.05) is 38.1 Å². The van der Waals surface area contributed by atoms with Gasteiger partial charge in [0, 0.05) is 0 Å². The van der Waals surface area contributed by atoms with E-state index < -0.39 is 0 Å². The predicted molar refractivity (Wildman–Crippen MR) is 67.9 cm³/mol. The van der Waals surface area contributed by atoms with Crippen molar-refractivity contribution in [3.63, 3.8) is 0 Å². The molecule has 0 amide bonds. The summed E-state index contributed by atoms with van der Waals surface area (Å²) in [5.41, 5.74) is 1.96. The van der Waals surface area contributed by atoms with Crippen LogP contribution in [-0.4, -0.2) is 18.8 Å². The maximum absolute atomic E-state index is 9.20. The van der Waals surface area contributed by atoms with Crippen LogP contribution in [0.5, 0.6) is 5.75 Å². The van der Waals surface area contributed by atoms with Crippen molar-refractivity contribution in [1.29, 1.82) is 0 Å². The molecule has 1 rings (SSSR count). The van der Waals surface area contributed by atoms with E-state index in [9.17, 15) is 5.11 Å². The molecule has 0 aliphatic rings. The van der Waals surface area contributed by atoms with E-state index in [2.05, 4.69) is 0 Å². The van der Waals surface area contributed by atoms with Crippen LogP contribution in [0.3, 0.4) is 0 Å². The fourth-order valence-corrected chi connectivity index (χ4v) is 1.65. The van der Waals surface area contributed by atoms with Gasteiger partial charge >= 0.3 is 0 Å². The number of ether oxygens (including phenoxy) is 1. The van der Waals surface area contributed by atoms with Gasteiger partial charge in [0.1, 0.15) is 5.75 Å². The summed E-state index contributed by atoms with van der Waals surface area (Å²) in [4.78, 5) is 0. The van der Waals surface area contributed by atoms with Crippen LogP contribution < -0.4 is 4.74 Å². The number of halogens is 1. The standard InChI is InChI=1S/C13H17ClO2/c1-9(2)11(8-15)6-10-4-5-13(16-3)12(14)7-10/h4-7,9,15H,8H2,1-3H3. The normalized spacial score (nSPS) is 12.0. The van der Waals surface area contributed by atoms with Gasteiger partial charge in [-0.25, -0.2) is 0 Å². The largest absolute Gasteiger partial charge is 0.495 e. The fraction of sp³-hybridized carbons (Fsp3) is 0.385. The molecule has 88 valence electrons. The highest BCUT2D eigenvalue weighted by molar-refractivity contribution is 6.32. The first-order valence-corrected chi connectivity index (χ1v) is 5.61. The Morgan fingerprint density at radius 3 is 2.62 bits per heavy atom. The van der Waals surface area contributed by atoms with E-state index >= 15 is 0 Å². The lowest BCUT2D eigenvalue weighted by molar-refractivity contribution is 0.320. The summed E-state index contributed by atoms with van der Waals surface area (Å²) < 4.78 is 5.08. The van der Waals surface area contributed by atoms with Crippen molar-refractivity contribution in [3.8, 4) is 5.75 Å². The molecule has 1 N–H and O–H groups in total. The number of benzene rings is 1. The zero-order chi connectivity index (χ0) is 12.1. The Bertz CT molecular complexity index is 384. The van der Waals surface area contributed by atoms with Crippen LogP contribution in [0, 0.1) is 5.92 Å². The Hall–Kier alpha value is -0.990. The molecular formula is C13H17ClO2. The van der Waals surface area contributed by atoms with Gasteiger partial charge in [0.05, 0.1) is 18.7 Å². The van der Waals surface area contributed by atoms with Crippen LogP contribution in [0.15, 0.2) is 23.8 Å². The quantitative estimate of drug-likeness (QED) is 0.874. The Labute approximate surface area is 102 Å². The molecule has 0 unspecified atom stereocenters. The lowest BCUT2D eigenvalue weighted by Crippen LogP contribution is -1.98. The van der Waals surface area contributed by atoms with E-state index in [0.29, 0.717) is 16.7 Å². The molecule has 16 heavy (non-hydrogen) atoms. The number of methoxy groups -OCH3 is 1. The van der Waals surface area contributed by atoms with Crippen molar-refractivity contribution in [2.75, 3.05) is 13.7 Å². The Morgan fingerprint density at radius 1 is 1.50 bits per heavy atom. The van der Waals surface area contributed by atoms with Gasteiger partial charge < -0.3 is 9.84 Å². The second-order valence-electron chi connectivity index (χ2n) is 3.93. The Balaban J connectivity index is 3.01. The zero-order valence-corrected chi connectivity index (χ0v) is 10.6. The summed E-state index contributed by atoms with van der Waals surface area (Å²) in [7, 11) is 1.59. The van der Waals surface area contributed by atoms with Crippen molar-refractivity contribution in [2.24, 2.45) is 5.92 Å². The molecular weight excluding hydrogens is 224 g/mol. The summed E-state index contributed by atoms with van der Waals surface area (Å²) in [6, 6.07) is 5.57. The number of aliphatic hydroxyl groups is 1. The number of rotatable bonds is 4. The molecule has 0 heterocycles. The minimum absolute atomic E-state index is 0.0707. The van der Waals surface area contributed by atoms with Crippen LogP contribution in [0.4, 0.5) is 0 Å².